The Hall–Kier alpha value is -1.81. The molecule has 0 saturated heterocycles. The second-order valence-electron chi connectivity index (χ2n) is 4.85. The van der Waals surface area contributed by atoms with Gasteiger partial charge in [0.15, 0.2) is 0 Å². The Morgan fingerprint density at radius 1 is 1.33 bits per heavy atom. The van der Waals surface area contributed by atoms with Gasteiger partial charge in [-0.25, -0.2) is 4.98 Å². The number of nitrogens with zero attached hydrogens (tertiary/aromatic N) is 3. The van der Waals surface area contributed by atoms with E-state index in [1.165, 1.54) is 5.56 Å². The van der Waals surface area contributed by atoms with Crippen molar-refractivity contribution in [1.29, 1.82) is 0 Å². The van der Waals surface area contributed by atoms with Gasteiger partial charge >= 0.3 is 0 Å². The number of anilines is 1. The number of hydrogen-bond acceptors (Lipinski definition) is 3. The quantitative estimate of drug-likeness (QED) is 0.820. The lowest BCUT2D eigenvalue weighted by atomic mass is 10.1. The predicted octanol–water partition coefficient (Wildman–Crippen LogP) is 2.04. The van der Waals surface area contributed by atoms with Crippen LogP contribution in [0.5, 0.6) is 0 Å². The lowest BCUT2D eigenvalue weighted by Crippen LogP contribution is -2.35. The van der Waals surface area contributed by atoms with Gasteiger partial charge < -0.3 is 10.3 Å². The molecule has 0 spiro atoms. The Morgan fingerprint density at radius 3 is 3.06 bits per heavy atom. The van der Waals surface area contributed by atoms with Crippen molar-refractivity contribution in [3.8, 4) is 0 Å². The molecule has 2 heterocycles. The third kappa shape index (κ3) is 1.99. The van der Waals surface area contributed by atoms with E-state index in [-0.39, 0.29) is 0 Å². The van der Waals surface area contributed by atoms with Crippen LogP contribution in [0.15, 0.2) is 36.7 Å². The molecule has 2 aromatic rings. The first-order valence-electron chi connectivity index (χ1n) is 6.33. The van der Waals surface area contributed by atoms with Crippen LogP contribution in [0.3, 0.4) is 0 Å². The van der Waals surface area contributed by atoms with Crippen molar-refractivity contribution in [3.63, 3.8) is 0 Å². The molecule has 3 rings (SSSR count). The summed E-state index contributed by atoms with van der Waals surface area (Å²) in [4.78, 5) is 6.84. The van der Waals surface area contributed by atoms with E-state index in [2.05, 4.69) is 39.7 Å². The number of fused-ring (bicyclic) bond motifs is 1. The van der Waals surface area contributed by atoms with Crippen LogP contribution in [-0.4, -0.2) is 21.0 Å². The minimum absolute atomic E-state index is 0.374. The molecule has 1 aliphatic heterocycles. The molecule has 2 N–H and O–H groups in total. The van der Waals surface area contributed by atoms with Gasteiger partial charge in [0.1, 0.15) is 5.82 Å². The molecule has 1 aliphatic rings. The van der Waals surface area contributed by atoms with E-state index >= 15 is 0 Å². The van der Waals surface area contributed by atoms with E-state index in [1.807, 2.05) is 18.3 Å². The first kappa shape index (κ1) is 11.3. The molecule has 1 aromatic heterocycles. The summed E-state index contributed by atoms with van der Waals surface area (Å²) in [6.07, 6.45) is 3.93. The van der Waals surface area contributed by atoms with E-state index in [0.29, 0.717) is 6.04 Å². The molecule has 18 heavy (non-hydrogen) atoms. The minimum Gasteiger partial charge on any atom is -0.399 e. The summed E-state index contributed by atoms with van der Waals surface area (Å²) in [6, 6.07) is 8.53. The van der Waals surface area contributed by atoms with Crippen LogP contribution in [0.25, 0.3) is 0 Å². The van der Waals surface area contributed by atoms with Crippen LogP contribution in [0.2, 0.25) is 0 Å². The summed E-state index contributed by atoms with van der Waals surface area (Å²) in [5.74, 6) is 1.15. The maximum absolute atomic E-state index is 5.85. The number of imidazole rings is 1. The number of nitrogen functional groups attached to an aromatic ring is 1. The molecule has 4 nitrogen and oxygen atoms in total. The zero-order chi connectivity index (χ0) is 12.5. The molecule has 0 amide bonds. The summed E-state index contributed by atoms with van der Waals surface area (Å²) < 4.78 is 2.22. The van der Waals surface area contributed by atoms with Crippen LogP contribution < -0.4 is 5.73 Å². The number of rotatable bonds is 2. The number of benzene rings is 1. The van der Waals surface area contributed by atoms with Crippen molar-refractivity contribution in [2.45, 2.75) is 26.1 Å². The number of nitrogens with two attached hydrogens (primary N) is 1. The monoisotopic (exact) mass is 242 g/mol. The molecule has 0 bridgehead atoms. The third-order valence-corrected chi connectivity index (χ3v) is 3.72. The SMILES string of the molecule is CC(c1cccc(N)c1)N1CCn2ccnc2C1. The molecule has 1 unspecified atom stereocenters. The van der Waals surface area contributed by atoms with E-state index in [9.17, 15) is 0 Å². The summed E-state index contributed by atoms with van der Waals surface area (Å²) >= 11 is 0. The highest BCUT2D eigenvalue weighted by molar-refractivity contribution is 5.41. The second kappa shape index (κ2) is 4.46. The molecule has 4 heteroatoms. The Labute approximate surface area is 107 Å². The zero-order valence-corrected chi connectivity index (χ0v) is 10.6. The average Bonchev–Trinajstić information content (AvgIpc) is 2.85. The van der Waals surface area contributed by atoms with Crippen LogP contribution >= 0.6 is 0 Å². The molecule has 94 valence electrons. The number of aromatic nitrogens is 2. The Kier molecular flexibility index (Phi) is 2.80. The largest absolute Gasteiger partial charge is 0.399 e. The first-order chi connectivity index (χ1) is 8.74. The normalized spacial score (nSPS) is 17.4. The second-order valence-corrected chi connectivity index (χ2v) is 4.85. The maximum atomic E-state index is 5.85. The molecule has 0 radical (unpaired) electrons. The average molecular weight is 242 g/mol. The van der Waals surface area contributed by atoms with Gasteiger partial charge in [0, 0.05) is 37.2 Å². The van der Waals surface area contributed by atoms with Crippen molar-refractivity contribution in [1.82, 2.24) is 14.5 Å². The Bertz CT molecular complexity index is 546. The highest BCUT2D eigenvalue weighted by atomic mass is 15.2. The minimum atomic E-state index is 0.374. The highest BCUT2D eigenvalue weighted by Crippen LogP contribution is 2.25. The van der Waals surface area contributed by atoms with Crippen molar-refractivity contribution in [3.05, 3.63) is 48.0 Å². The number of hydrogen-bond donors (Lipinski definition) is 1. The molecule has 1 atom stereocenters. The Morgan fingerprint density at radius 2 is 2.22 bits per heavy atom. The van der Waals surface area contributed by atoms with Gasteiger partial charge in [-0.1, -0.05) is 12.1 Å². The lowest BCUT2D eigenvalue weighted by molar-refractivity contribution is 0.163. The fourth-order valence-corrected chi connectivity index (χ4v) is 2.55. The highest BCUT2D eigenvalue weighted by Gasteiger charge is 2.22. The van der Waals surface area contributed by atoms with Gasteiger partial charge in [-0.05, 0) is 24.6 Å². The molecule has 1 aromatic carbocycles. The van der Waals surface area contributed by atoms with E-state index in [4.69, 9.17) is 5.73 Å². The van der Waals surface area contributed by atoms with Crippen molar-refractivity contribution in [2.24, 2.45) is 0 Å². The maximum Gasteiger partial charge on any atom is 0.122 e. The topological polar surface area (TPSA) is 47.1 Å². The van der Waals surface area contributed by atoms with Gasteiger partial charge in [0.05, 0.1) is 6.54 Å². The van der Waals surface area contributed by atoms with Crippen LogP contribution in [0, 0.1) is 0 Å². The predicted molar refractivity (Wildman–Crippen MR) is 71.9 cm³/mol. The standard InChI is InChI=1S/C14H18N4/c1-11(12-3-2-4-13(15)9-12)18-8-7-17-6-5-16-14(17)10-18/h2-6,9,11H,7-8,10,15H2,1H3. The summed E-state index contributed by atoms with van der Waals surface area (Å²) in [7, 11) is 0. The van der Waals surface area contributed by atoms with Gasteiger partial charge in [-0.3, -0.25) is 4.90 Å². The van der Waals surface area contributed by atoms with Gasteiger partial charge in [-0.15, -0.1) is 0 Å². The van der Waals surface area contributed by atoms with Crippen molar-refractivity contribution in [2.75, 3.05) is 12.3 Å². The first-order valence-corrected chi connectivity index (χ1v) is 6.33. The van der Waals surface area contributed by atoms with Crippen molar-refractivity contribution >= 4 is 5.69 Å². The summed E-state index contributed by atoms with van der Waals surface area (Å²) in [5.41, 5.74) is 7.96. The zero-order valence-electron chi connectivity index (χ0n) is 10.6. The molecule has 0 saturated carbocycles. The summed E-state index contributed by atoms with van der Waals surface area (Å²) in [6.45, 7) is 5.21. The van der Waals surface area contributed by atoms with Crippen LogP contribution in [0.1, 0.15) is 24.4 Å². The molecular formula is C14H18N4. The smallest absolute Gasteiger partial charge is 0.122 e. The van der Waals surface area contributed by atoms with E-state index in [0.717, 1.165) is 31.1 Å². The van der Waals surface area contributed by atoms with Crippen LogP contribution in [0.4, 0.5) is 5.69 Å². The fraction of sp³-hybridized carbons (Fsp3) is 0.357. The van der Waals surface area contributed by atoms with Gasteiger partial charge in [0.2, 0.25) is 0 Å². The van der Waals surface area contributed by atoms with E-state index < -0.39 is 0 Å². The Balaban J connectivity index is 1.80. The molecule has 0 aliphatic carbocycles. The fourth-order valence-electron chi connectivity index (χ4n) is 2.55. The van der Waals surface area contributed by atoms with Crippen LogP contribution in [-0.2, 0) is 13.1 Å². The summed E-state index contributed by atoms with van der Waals surface area (Å²) in [5, 5.41) is 0. The van der Waals surface area contributed by atoms with Gasteiger partial charge in [-0.2, -0.15) is 0 Å². The molecule has 0 fully saturated rings. The van der Waals surface area contributed by atoms with Crippen molar-refractivity contribution < 1.29 is 0 Å². The van der Waals surface area contributed by atoms with Gasteiger partial charge in [0.25, 0.3) is 0 Å². The third-order valence-electron chi connectivity index (χ3n) is 3.72. The molecular weight excluding hydrogens is 224 g/mol. The van der Waals surface area contributed by atoms with E-state index in [1.54, 1.807) is 0 Å². The lowest BCUT2D eigenvalue weighted by Gasteiger charge is -2.33.